The Balaban J connectivity index is 3.38. The van der Waals surface area contributed by atoms with E-state index in [4.69, 9.17) is 18.9 Å². The molecule has 0 fully saturated rings. The van der Waals surface area contributed by atoms with Crippen LogP contribution in [0, 0.1) is 0 Å². The summed E-state index contributed by atoms with van der Waals surface area (Å²) in [6.07, 6.45) is 1.44. The minimum Gasteiger partial charge on any atom is -0.493 e. The molecule has 1 aromatic carbocycles. The van der Waals surface area contributed by atoms with Gasteiger partial charge in [-0.25, -0.2) is 4.79 Å². The molecular formula is C16H20O6. The van der Waals surface area contributed by atoms with Gasteiger partial charge in [-0.3, -0.25) is 4.79 Å². The lowest BCUT2D eigenvalue weighted by molar-refractivity contribution is -0.139. The van der Waals surface area contributed by atoms with E-state index >= 15 is 0 Å². The van der Waals surface area contributed by atoms with E-state index in [0.717, 1.165) is 0 Å². The maximum absolute atomic E-state index is 11.8. The van der Waals surface area contributed by atoms with Gasteiger partial charge >= 0.3 is 5.97 Å². The van der Waals surface area contributed by atoms with Crippen molar-refractivity contribution >= 4 is 17.8 Å². The molecule has 0 aromatic heterocycles. The summed E-state index contributed by atoms with van der Waals surface area (Å²) in [7, 11) is 4.47. The molecule has 0 saturated heterocycles. The molecular weight excluding hydrogens is 288 g/mol. The number of carbonyl (C=O) groups is 2. The highest BCUT2D eigenvalue weighted by Crippen LogP contribution is 2.38. The van der Waals surface area contributed by atoms with Gasteiger partial charge in [-0.15, -0.1) is 0 Å². The van der Waals surface area contributed by atoms with Crippen LogP contribution in [0.5, 0.6) is 17.2 Å². The zero-order valence-corrected chi connectivity index (χ0v) is 13.4. The van der Waals surface area contributed by atoms with E-state index in [9.17, 15) is 9.59 Å². The van der Waals surface area contributed by atoms with Gasteiger partial charge in [0.1, 0.15) is 5.57 Å². The van der Waals surface area contributed by atoms with Crippen molar-refractivity contribution in [2.24, 2.45) is 0 Å². The van der Waals surface area contributed by atoms with Crippen molar-refractivity contribution in [3.05, 3.63) is 23.3 Å². The molecule has 22 heavy (non-hydrogen) atoms. The number of benzene rings is 1. The second kappa shape index (κ2) is 8.07. The van der Waals surface area contributed by atoms with Gasteiger partial charge < -0.3 is 18.9 Å². The molecule has 0 aliphatic heterocycles. The molecule has 0 unspecified atom stereocenters. The Morgan fingerprint density at radius 3 is 1.95 bits per heavy atom. The van der Waals surface area contributed by atoms with Crippen LogP contribution in [-0.2, 0) is 14.3 Å². The SMILES string of the molecule is CCOC(=O)C(=Cc1cc(OC)c(OC)c(OC)c1)C(C)=O. The van der Waals surface area contributed by atoms with Gasteiger partial charge in [-0.2, -0.15) is 0 Å². The molecule has 1 rings (SSSR count). The third kappa shape index (κ3) is 4.00. The van der Waals surface area contributed by atoms with Crippen molar-refractivity contribution in [2.45, 2.75) is 13.8 Å². The van der Waals surface area contributed by atoms with Crippen molar-refractivity contribution < 1.29 is 28.5 Å². The number of Topliss-reactive ketones (excluding diaryl/α,β-unsaturated/α-hetero) is 1. The standard InChI is InChI=1S/C16H20O6/c1-6-22-16(18)12(10(2)17)7-11-8-13(19-3)15(21-5)14(9-11)20-4/h7-9H,6H2,1-5H3. The molecule has 0 atom stereocenters. The predicted molar refractivity (Wildman–Crippen MR) is 81.4 cm³/mol. The lowest BCUT2D eigenvalue weighted by Crippen LogP contribution is -2.13. The number of hydrogen-bond donors (Lipinski definition) is 0. The van der Waals surface area contributed by atoms with E-state index in [2.05, 4.69) is 0 Å². The van der Waals surface area contributed by atoms with Gasteiger partial charge in [0.25, 0.3) is 0 Å². The van der Waals surface area contributed by atoms with Gasteiger partial charge in [0.05, 0.1) is 27.9 Å². The van der Waals surface area contributed by atoms with Crippen molar-refractivity contribution in [1.29, 1.82) is 0 Å². The molecule has 0 N–H and O–H groups in total. The Labute approximate surface area is 129 Å². The number of methoxy groups -OCH3 is 3. The number of rotatable bonds is 7. The maximum atomic E-state index is 11.8. The molecule has 0 heterocycles. The minimum absolute atomic E-state index is 0.0453. The molecule has 120 valence electrons. The van der Waals surface area contributed by atoms with Gasteiger partial charge in [-0.1, -0.05) is 0 Å². The summed E-state index contributed by atoms with van der Waals surface area (Å²) in [5.74, 6) is 0.248. The van der Waals surface area contributed by atoms with Gasteiger partial charge in [0.15, 0.2) is 17.3 Å². The van der Waals surface area contributed by atoms with E-state index in [0.29, 0.717) is 22.8 Å². The molecule has 0 aliphatic carbocycles. The zero-order chi connectivity index (χ0) is 16.7. The Morgan fingerprint density at radius 2 is 1.59 bits per heavy atom. The zero-order valence-electron chi connectivity index (χ0n) is 13.4. The van der Waals surface area contributed by atoms with E-state index < -0.39 is 5.97 Å². The topological polar surface area (TPSA) is 71.1 Å². The summed E-state index contributed by atoms with van der Waals surface area (Å²) >= 11 is 0. The Kier molecular flexibility index (Phi) is 6.44. The highest BCUT2D eigenvalue weighted by molar-refractivity contribution is 6.19. The van der Waals surface area contributed by atoms with E-state index in [1.165, 1.54) is 34.3 Å². The molecule has 0 aliphatic rings. The summed E-state index contributed by atoms with van der Waals surface area (Å²) in [6, 6.07) is 3.28. The molecule has 6 heteroatoms. The van der Waals surface area contributed by atoms with Gasteiger partial charge in [-0.05, 0) is 37.6 Å². The summed E-state index contributed by atoms with van der Waals surface area (Å²) in [6.45, 7) is 3.18. The Hall–Kier alpha value is -2.50. The molecule has 0 bridgehead atoms. The summed E-state index contributed by atoms with van der Waals surface area (Å²) in [5.41, 5.74) is 0.517. The lowest BCUT2D eigenvalue weighted by Gasteiger charge is -2.13. The molecule has 0 radical (unpaired) electrons. The van der Waals surface area contributed by atoms with Crippen molar-refractivity contribution in [1.82, 2.24) is 0 Å². The fraction of sp³-hybridized carbons (Fsp3) is 0.375. The first-order chi connectivity index (χ1) is 10.5. The van der Waals surface area contributed by atoms with Crippen LogP contribution in [0.25, 0.3) is 6.08 Å². The maximum Gasteiger partial charge on any atom is 0.341 e. The quantitative estimate of drug-likeness (QED) is 0.333. The Morgan fingerprint density at radius 1 is 1.05 bits per heavy atom. The van der Waals surface area contributed by atoms with E-state index in [-0.39, 0.29) is 18.0 Å². The highest BCUT2D eigenvalue weighted by Gasteiger charge is 2.18. The summed E-state index contributed by atoms with van der Waals surface area (Å²) in [5, 5.41) is 0. The first kappa shape index (κ1) is 17.6. The first-order valence-corrected chi connectivity index (χ1v) is 6.68. The lowest BCUT2D eigenvalue weighted by atomic mass is 10.1. The number of hydrogen-bond acceptors (Lipinski definition) is 6. The van der Waals surface area contributed by atoms with Crippen LogP contribution in [0.4, 0.5) is 0 Å². The Bertz CT molecular complexity index is 563. The third-order valence-electron chi connectivity index (χ3n) is 2.87. The first-order valence-electron chi connectivity index (χ1n) is 6.68. The van der Waals surface area contributed by atoms with E-state index in [1.807, 2.05) is 0 Å². The van der Waals surface area contributed by atoms with Crippen LogP contribution in [-0.4, -0.2) is 39.7 Å². The largest absolute Gasteiger partial charge is 0.493 e. The normalized spacial score (nSPS) is 10.9. The molecule has 0 saturated carbocycles. The van der Waals surface area contributed by atoms with Crippen LogP contribution in [0.15, 0.2) is 17.7 Å². The van der Waals surface area contributed by atoms with Crippen LogP contribution < -0.4 is 14.2 Å². The number of ether oxygens (including phenoxy) is 4. The van der Waals surface area contributed by atoms with Crippen LogP contribution >= 0.6 is 0 Å². The fourth-order valence-corrected chi connectivity index (χ4v) is 1.86. The average Bonchev–Trinajstić information content (AvgIpc) is 2.51. The van der Waals surface area contributed by atoms with Crippen LogP contribution in [0.2, 0.25) is 0 Å². The van der Waals surface area contributed by atoms with Crippen LogP contribution in [0.1, 0.15) is 19.4 Å². The predicted octanol–water partition coefficient (Wildman–Crippen LogP) is 2.25. The fourth-order valence-electron chi connectivity index (χ4n) is 1.86. The monoisotopic (exact) mass is 308 g/mol. The number of esters is 1. The smallest absolute Gasteiger partial charge is 0.341 e. The number of carbonyl (C=O) groups excluding carboxylic acids is 2. The average molecular weight is 308 g/mol. The second-order valence-corrected chi connectivity index (χ2v) is 4.29. The van der Waals surface area contributed by atoms with Crippen molar-refractivity contribution in [3.8, 4) is 17.2 Å². The van der Waals surface area contributed by atoms with Crippen LogP contribution in [0.3, 0.4) is 0 Å². The minimum atomic E-state index is -0.663. The summed E-state index contributed by atoms with van der Waals surface area (Å²) in [4.78, 5) is 23.5. The number of ketones is 1. The second-order valence-electron chi connectivity index (χ2n) is 4.29. The van der Waals surface area contributed by atoms with E-state index in [1.54, 1.807) is 19.1 Å². The third-order valence-corrected chi connectivity index (χ3v) is 2.87. The van der Waals surface area contributed by atoms with Crippen molar-refractivity contribution in [2.75, 3.05) is 27.9 Å². The summed E-state index contributed by atoms with van der Waals surface area (Å²) < 4.78 is 20.6. The van der Waals surface area contributed by atoms with Gasteiger partial charge in [0.2, 0.25) is 5.75 Å². The molecule has 6 nitrogen and oxygen atoms in total. The van der Waals surface area contributed by atoms with Crippen molar-refractivity contribution in [3.63, 3.8) is 0 Å². The van der Waals surface area contributed by atoms with Gasteiger partial charge in [0, 0.05) is 0 Å². The molecule has 0 spiro atoms. The highest BCUT2D eigenvalue weighted by atomic mass is 16.5. The molecule has 1 aromatic rings. The molecule has 0 amide bonds.